The highest BCUT2D eigenvalue weighted by atomic mass is 79.9. The van der Waals surface area contributed by atoms with Gasteiger partial charge in [0, 0.05) is 24.0 Å². The molecular weight excluding hydrogens is 204 g/mol. The number of rotatable bonds is 3. The molecule has 1 saturated carbocycles. The molecule has 2 rings (SSSR count). The summed E-state index contributed by atoms with van der Waals surface area (Å²) in [7, 11) is 0. The van der Waals surface area contributed by atoms with E-state index in [1.807, 2.05) is 6.33 Å². The number of aromatic nitrogens is 2. The molecule has 1 aromatic rings. The molecule has 1 fully saturated rings. The fraction of sp³-hybridized carbons (Fsp3) is 0.625. The Morgan fingerprint density at radius 1 is 1.64 bits per heavy atom. The first-order chi connectivity index (χ1) is 5.40. The van der Waals surface area contributed by atoms with E-state index >= 15 is 0 Å². The monoisotopic (exact) mass is 214 g/mol. The number of hydrogen-bond donors (Lipinski definition) is 0. The molecule has 1 aliphatic rings. The Labute approximate surface area is 74.8 Å². The largest absolute Gasteiger partial charge is 0.336 e. The van der Waals surface area contributed by atoms with Crippen molar-refractivity contribution in [1.29, 1.82) is 0 Å². The van der Waals surface area contributed by atoms with Crippen molar-refractivity contribution in [3.8, 4) is 0 Å². The van der Waals surface area contributed by atoms with Gasteiger partial charge in [-0.1, -0.05) is 15.9 Å². The van der Waals surface area contributed by atoms with Gasteiger partial charge >= 0.3 is 0 Å². The first-order valence-electron chi connectivity index (χ1n) is 3.98. The summed E-state index contributed by atoms with van der Waals surface area (Å²) in [6.45, 7) is 1.03. The number of halogens is 1. The van der Waals surface area contributed by atoms with Crippen LogP contribution in [0.25, 0.3) is 0 Å². The van der Waals surface area contributed by atoms with Crippen LogP contribution in [0, 0.1) is 0 Å². The van der Waals surface area contributed by atoms with E-state index in [0.717, 1.165) is 17.8 Å². The third kappa shape index (κ3) is 1.64. The fourth-order valence-electron chi connectivity index (χ4n) is 1.19. The Morgan fingerprint density at radius 3 is 3.09 bits per heavy atom. The van der Waals surface area contributed by atoms with Crippen molar-refractivity contribution in [2.75, 3.05) is 5.33 Å². The minimum Gasteiger partial charge on any atom is -0.336 e. The Kier molecular flexibility index (Phi) is 1.98. The summed E-state index contributed by atoms with van der Waals surface area (Å²) in [5.74, 6) is 0.784. The molecule has 1 aromatic heterocycles. The topological polar surface area (TPSA) is 17.8 Å². The van der Waals surface area contributed by atoms with Crippen LogP contribution in [-0.4, -0.2) is 14.9 Å². The molecule has 11 heavy (non-hydrogen) atoms. The molecule has 0 spiro atoms. The van der Waals surface area contributed by atoms with Crippen LogP contribution in [0.5, 0.6) is 0 Å². The highest BCUT2D eigenvalue weighted by Gasteiger charge is 2.25. The van der Waals surface area contributed by atoms with E-state index in [9.17, 15) is 0 Å². The van der Waals surface area contributed by atoms with Crippen LogP contribution < -0.4 is 0 Å². The van der Waals surface area contributed by atoms with Crippen LogP contribution in [0.4, 0.5) is 0 Å². The van der Waals surface area contributed by atoms with Gasteiger partial charge in [0.1, 0.15) is 0 Å². The molecule has 2 nitrogen and oxygen atoms in total. The lowest BCUT2D eigenvalue weighted by molar-refractivity contribution is 0.773. The number of nitrogens with zero attached hydrogens (tertiary/aromatic N) is 2. The Hall–Kier alpha value is -0.310. The van der Waals surface area contributed by atoms with E-state index in [-0.39, 0.29) is 0 Å². The van der Waals surface area contributed by atoms with Gasteiger partial charge in [-0.3, -0.25) is 0 Å². The van der Waals surface area contributed by atoms with Gasteiger partial charge in [-0.2, -0.15) is 0 Å². The number of aryl methyl sites for hydroxylation is 1. The van der Waals surface area contributed by atoms with Crippen LogP contribution in [0.2, 0.25) is 0 Å². The molecule has 0 saturated heterocycles. The molecule has 1 heterocycles. The Bertz CT molecular complexity index is 240. The minimum atomic E-state index is 0.784. The second-order valence-corrected chi connectivity index (χ2v) is 3.79. The predicted octanol–water partition coefficient (Wildman–Crippen LogP) is 2.16. The smallest absolute Gasteiger partial charge is 0.0949 e. The molecule has 3 heteroatoms. The lowest BCUT2D eigenvalue weighted by Gasteiger charge is -1.93. The molecule has 0 aliphatic heterocycles. The van der Waals surface area contributed by atoms with Crippen LogP contribution >= 0.6 is 15.9 Å². The average Bonchev–Trinajstić information content (AvgIpc) is 2.75. The van der Waals surface area contributed by atoms with Gasteiger partial charge in [0.2, 0.25) is 0 Å². The maximum absolute atomic E-state index is 4.34. The third-order valence-electron chi connectivity index (χ3n) is 1.99. The number of alkyl halides is 1. The van der Waals surface area contributed by atoms with Gasteiger partial charge in [0.15, 0.2) is 0 Å². The van der Waals surface area contributed by atoms with E-state index in [0.29, 0.717) is 0 Å². The predicted molar refractivity (Wildman–Crippen MR) is 48.0 cm³/mol. The second kappa shape index (κ2) is 2.97. The summed E-state index contributed by atoms with van der Waals surface area (Å²) in [5.41, 5.74) is 1.28. The molecule has 0 amide bonds. The van der Waals surface area contributed by atoms with Crippen molar-refractivity contribution in [3.63, 3.8) is 0 Å². The molecular formula is C8H11BrN2. The first-order valence-corrected chi connectivity index (χ1v) is 5.10. The highest BCUT2D eigenvalue weighted by Crippen LogP contribution is 2.38. The van der Waals surface area contributed by atoms with Gasteiger partial charge < -0.3 is 4.57 Å². The SMILES string of the molecule is BrCCn1cnc(C2CC2)c1. The van der Waals surface area contributed by atoms with E-state index in [1.165, 1.54) is 18.5 Å². The summed E-state index contributed by atoms with van der Waals surface area (Å²) in [6, 6.07) is 0. The standard InChI is InChI=1S/C8H11BrN2/c9-3-4-11-5-8(10-6-11)7-1-2-7/h5-7H,1-4H2. The Morgan fingerprint density at radius 2 is 2.45 bits per heavy atom. The van der Waals surface area contributed by atoms with Crippen molar-refractivity contribution in [3.05, 3.63) is 18.2 Å². The summed E-state index contributed by atoms with van der Waals surface area (Å²) >= 11 is 3.40. The zero-order chi connectivity index (χ0) is 7.68. The molecule has 0 aromatic carbocycles. The molecule has 60 valence electrons. The van der Waals surface area contributed by atoms with Crippen LogP contribution in [0.1, 0.15) is 24.5 Å². The van der Waals surface area contributed by atoms with Gasteiger partial charge in [-0.25, -0.2) is 4.98 Å². The van der Waals surface area contributed by atoms with E-state index in [1.54, 1.807) is 0 Å². The van der Waals surface area contributed by atoms with Crippen molar-refractivity contribution in [2.24, 2.45) is 0 Å². The van der Waals surface area contributed by atoms with Gasteiger partial charge in [-0.05, 0) is 12.8 Å². The van der Waals surface area contributed by atoms with Crippen LogP contribution in [-0.2, 0) is 6.54 Å². The van der Waals surface area contributed by atoms with Crippen molar-refractivity contribution < 1.29 is 0 Å². The van der Waals surface area contributed by atoms with E-state index in [4.69, 9.17) is 0 Å². The molecule has 0 bridgehead atoms. The van der Waals surface area contributed by atoms with E-state index in [2.05, 4.69) is 31.7 Å². The quantitative estimate of drug-likeness (QED) is 0.706. The van der Waals surface area contributed by atoms with Gasteiger partial charge in [0.05, 0.1) is 12.0 Å². The maximum Gasteiger partial charge on any atom is 0.0949 e. The molecule has 0 atom stereocenters. The van der Waals surface area contributed by atoms with Crippen molar-refractivity contribution >= 4 is 15.9 Å². The normalized spacial score (nSPS) is 17.2. The fourth-order valence-corrected chi connectivity index (χ4v) is 1.60. The lowest BCUT2D eigenvalue weighted by atomic mass is 10.3. The zero-order valence-electron chi connectivity index (χ0n) is 6.33. The van der Waals surface area contributed by atoms with Crippen molar-refractivity contribution in [1.82, 2.24) is 9.55 Å². The highest BCUT2D eigenvalue weighted by molar-refractivity contribution is 9.09. The van der Waals surface area contributed by atoms with E-state index < -0.39 is 0 Å². The van der Waals surface area contributed by atoms with Crippen LogP contribution in [0.15, 0.2) is 12.5 Å². The van der Waals surface area contributed by atoms with Gasteiger partial charge in [-0.15, -0.1) is 0 Å². The summed E-state index contributed by atoms with van der Waals surface area (Å²) in [6.07, 6.45) is 6.77. The molecule has 0 radical (unpaired) electrons. The summed E-state index contributed by atoms with van der Waals surface area (Å²) < 4.78 is 2.14. The summed E-state index contributed by atoms with van der Waals surface area (Å²) in [5, 5.41) is 1.01. The molecule has 1 aliphatic carbocycles. The van der Waals surface area contributed by atoms with Gasteiger partial charge in [0.25, 0.3) is 0 Å². The average molecular weight is 215 g/mol. The minimum absolute atomic E-state index is 0.784. The lowest BCUT2D eigenvalue weighted by Crippen LogP contribution is -1.93. The third-order valence-corrected chi connectivity index (χ3v) is 2.35. The van der Waals surface area contributed by atoms with Crippen LogP contribution in [0.3, 0.4) is 0 Å². The number of hydrogen-bond acceptors (Lipinski definition) is 1. The second-order valence-electron chi connectivity index (χ2n) is 3.00. The maximum atomic E-state index is 4.34. The number of imidazole rings is 1. The zero-order valence-corrected chi connectivity index (χ0v) is 7.92. The first kappa shape index (κ1) is 7.35. The molecule has 0 unspecified atom stereocenters. The molecule has 0 N–H and O–H groups in total. The summed E-state index contributed by atoms with van der Waals surface area (Å²) in [4.78, 5) is 4.34. The van der Waals surface area contributed by atoms with Crippen molar-refractivity contribution in [2.45, 2.75) is 25.3 Å². The Balaban J connectivity index is 2.06.